The average Bonchev–Trinajstić information content (AvgIpc) is 2.56. The molecule has 1 heterocycles. The Kier molecular flexibility index (Phi) is 5.70. The third-order valence-corrected chi connectivity index (χ3v) is 3.31. The number of anilines is 1. The number of nitrogens with zero attached hydrogens (tertiary/aromatic N) is 2. The molecule has 1 N–H and O–H groups in total. The molecule has 2 rings (SSSR count). The number of nitriles is 1. The van der Waals surface area contributed by atoms with Gasteiger partial charge in [0.15, 0.2) is 0 Å². The fourth-order valence-corrected chi connectivity index (χ4v) is 2.08. The molecule has 0 radical (unpaired) electrons. The van der Waals surface area contributed by atoms with E-state index in [4.69, 9.17) is 4.74 Å². The zero-order chi connectivity index (χ0) is 16.7. The summed E-state index contributed by atoms with van der Waals surface area (Å²) >= 11 is 0. The molecule has 0 fully saturated rings. The molecule has 1 unspecified atom stereocenters. The van der Waals surface area contributed by atoms with Crippen LogP contribution in [-0.4, -0.2) is 17.5 Å². The van der Waals surface area contributed by atoms with E-state index >= 15 is 0 Å². The summed E-state index contributed by atoms with van der Waals surface area (Å²) < 4.78 is 5.38. The van der Waals surface area contributed by atoms with Crippen molar-refractivity contribution in [1.29, 1.82) is 5.26 Å². The molecule has 118 valence electrons. The number of pyridine rings is 1. The fourth-order valence-electron chi connectivity index (χ4n) is 2.08. The van der Waals surface area contributed by atoms with Gasteiger partial charge in [-0.1, -0.05) is 18.2 Å². The largest absolute Gasteiger partial charge is 0.494 e. The van der Waals surface area contributed by atoms with Crippen molar-refractivity contribution in [2.45, 2.75) is 20.3 Å². The number of nitrogens with one attached hydrogen (secondary N) is 1. The zero-order valence-corrected chi connectivity index (χ0v) is 13.2. The van der Waals surface area contributed by atoms with Gasteiger partial charge in [0.1, 0.15) is 17.5 Å². The summed E-state index contributed by atoms with van der Waals surface area (Å²) in [5.74, 6) is 0.111. The fraction of sp³-hybridized carbons (Fsp3) is 0.278. The van der Waals surface area contributed by atoms with E-state index in [9.17, 15) is 10.1 Å². The van der Waals surface area contributed by atoms with Gasteiger partial charge >= 0.3 is 0 Å². The van der Waals surface area contributed by atoms with Crippen molar-refractivity contribution in [2.24, 2.45) is 5.92 Å². The number of aromatic nitrogens is 1. The molecule has 2 aromatic rings. The first kappa shape index (κ1) is 16.5. The monoisotopic (exact) mass is 309 g/mol. The van der Waals surface area contributed by atoms with E-state index in [1.54, 1.807) is 12.3 Å². The maximum atomic E-state index is 12.2. The molecule has 0 spiro atoms. The zero-order valence-electron chi connectivity index (χ0n) is 13.2. The van der Waals surface area contributed by atoms with Crippen molar-refractivity contribution >= 4 is 11.7 Å². The van der Waals surface area contributed by atoms with Crippen LogP contribution in [0.1, 0.15) is 18.1 Å². The van der Waals surface area contributed by atoms with Crippen LogP contribution in [0.25, 0.3) is 0 Å². The van der Waals surface area contributed by atoms with E-state index in [0.717, 1.165) is 16.9 Å². The number of hydrogen-bond acceptors (Lipinski definition) is 4. The Hall–Kier alpha value is -2.87. The number of carbonyl (C=O) groups excluding carboxylic acids is 1. The summed E-state index contributed by atoms with van der Waals surface area (Å²) in [7, 11) is 0. The van der Waals surface area contributed by atoms with Gasteiger partial charge in [-0.05, 0) is 49.6 Å². The number of aryl methyl sites for hydroxylation is 1. The van der Waals surface area contributed by atoms with Crippen LogP contribution in [-0.2, 0) is 11.2 Å². The molecule has 1 aromatic heterocycles. The van der Waals surface area contributed by atoms with Gasteiger partial charge in [0.25, 0.3) is 0 Å². The minimum Gasteiger partial charge on any atom is -0.494 e. The molecule has 5 heteroatoms. The summed E-state index contributed by atoms with van der Waals surface area (Å²) in [6.45, 7) is 4.44. The number of amides is 1. The Labute approximate surface area is 135 Å². The van der Waals surface area contributed by atoms with Crippen LogP contribution < -0.4 is 10.1 Å². The highest BCUT2D eigenvalue weighted by molar-refractivity contribution is 5.93. The molecule has 1 atom stereocenters. The first-order valence-corrected chi connectivity index (χ1v) is 7.47. The summed E-state index contributed by atoms with van der Waals surface area (Å²) in [5, 5.41) is 11.9. The molecule has 0 saturated carbocycles. The highest BCUT2D eigenvalue weighted by Crippen LogP contribution is 2.16. The quantitative estimate of drug-likeness (QED) is 0.889. The first-order chi connectivity index (χ1) is 11.1. The normalized spacial score (nSPS) is 11.3. The van der Waals surface area contributed by atoms with Gasteiger partial charge in [0, 0.05) is 6.20 Å². The molecular formula is C18H19N3O2. The Balaban J connectivity index is 2.00. The Morgan fingerprint density at radius 2 is 2.04 bits per heavy atom. The van der Waals surface area contributed by atoms with Gasteiger partial charge in [-0.3, -0.25) is 4.79 Å². The van der Waals surface area contributed by atoms with Gasteiger partial charge in [-0.25, -0.2) is 4.98 Å². The third kappa shape index (κ3) is 4.82. The first-order valence-electron chi connectivity index (χ1n) is 7.47. The predicted molar refractivity (Wildman–Crippen MR) is 88.0 cm³/mol. The smallest absolute Gasteiger partial charge is 0.243 e. The predicted octanol–water partition coefficient (Wildman–Crippen LogP) is 3.11. The molecule has 1 amide bonds. The molecule has 5 nitrogen and oxygen atoms in total. The molecule has 0 saturated heterocycles. The van der Waals surface area contributed by atoms with Gasteiger partial charge in [0.05, 0.1) is 12.7 Å². The number of benzene rings is 1. The molecular weight excluding hydrogens is 290 g/mol. The van der Waals surface area contributed by atoms with Gasteiger partial charge < -0.3 is 10.1 Å². The van der Waals surface area contributed by atoms with Crippen LogP contribution in [0, 0.1) is 24.2 Å². The van der Waals surface area contributed by atoms with E-state index in [-0.39, 0.29) is 5.91 Å². The highest BCUT2D eigenvalue weighted by atomic mass is 16.5. The van der Waals surface area contributed by atoms with Crippen molar-refractivity contribution in [2.75, 3.05) is 11.9 Å². The average molecular weight is 309 g/mol. The van der Waals surface area contributed by atoms with E-state index in [2.05, 4.69) is 16.4 Å². The van der Waals surface area contributed by atoms with Crippen molar-refractivity contribution in [3.05, 3.63) is 53.7 Å². The summed E-state index contributed by atoms with van der Waals surface area (Å²) in [5.41, 5.74) is 1.92. The lowest BCUT2D eigenvalue weighted by molar-refractivity contribution is -0.118. The number of hydrogen-bond donors (Lipinski definition) is 1. The van der Waals surface area contributed by atoms with Crippen molar-refractivity contribution in [1.82, 2.24) is 4.98 Å². The SMILES string of the molecule is CCOc1ccc(CC(C#N)C(=O)Nc2ccc(C)cn2)cc1. The topological polar surface area (TPSA) is 75.0 Å². The van der Waals surface area contributed by atoms with Crippen molar-refractivity contribution in [3.8, 4) is 11.8 Å². The highest BCUT2D eigenvalue weighted by Gasteiger charge is 2.19. The maximum absolute atomic E-state index is 12.2. The second kappa shape index (κ2) is 7.95. The van der Waals surface area contributed by atoms with Crippen LogP contribution in [0.2, 0.25) is 0 Å². The Bertz CT molecular complexity index is 688. The molecule has 0 bridgehead atoms. The lowest BCUT2D eigenvalue weighted by atomic mass is 10.00. The standard InChI is InChI=1S/C18H19N3O2/c1-3-23-16-7-5-14(6-8-16)10-15(11-19)18(22)21-17-9-4-13(2)12-20-17/h4-9,12,15H,3,10H2,1-2H3,(H,20,21,22). The molecule has 1 aromatic carbocycles. The van der Waals surface area contributed by atoms with E-state index in [1.165, 1.54) is 0 Å². The van der Waals surface area contributed by atoms with Crippen LogP contribution in [0.5, 0.6) is 5.75 Å². The van der Waals surface area contributed by atoms with Crippen molar-refractivity contribution < 1.29 is 9.53 Å². The van der Waals surface area contributed by atoms with Crippen LogP contribution in [0.4, 0.5) is 5.82 Å². The van der Waals surface area contributed by atoms with Crippen LogP contribution in [0.15, 0.2) is 42.6 Å². The lowest BCUT2D eigenvalue weighted by Gasteiger charge is -2.10. The third-order valence-electron chi connectivity index (χ3n) is 3.31. The van der Waals surface area contributed by atoms with Crippen LogP contribution >= 0.6 is 0 Å². The summed E-state index contributed by atoms with van der Waals surface area (Å²) in [6, 6.07) is 13.0. The maximum Gasteiger partial charge on any atom is 0.243 e. The number of carbonyl (C=O) groups is 1. The minimum atomic E-state index is -0.768. The van der Waals surface area contributed by atoms with E-state index in [1.807, 2.05) is 44.2 Å². The van der Waals surface area contributed by atoms with Gasteiger partial charge in [-0.15, -0.1) is 0 Å². The van der Waals surface area contributed by atoms with Gasteiger partial charge in [0.2, 0.25) is 5.91 Å². The van der Waals surface area contributed by atoms with Gasteiger partial charge in [-0.2, -0.15) is 5.26 Å². The molecule has 23 heavy (non-hydrogen) atoms. The Morgan fingerprint density at radius 3 is 2.61 bits per heavy atom. The van der Waals surface area contributed by atoms with Crippen molar-refractivity contribution in [3.63, 3.8) is 0 Å². The van der Waals surface area contributed by atoms with Crippen LogP contribution in [0.3, 0.4) is 0 Å². The molecule has 0 aliphatic carbocycles. The number of rotatable bonds is 6. The molecule has 0 aliphatic heterocycles. The second-order valence-electron chi connectivity index (χ2n) is 5.17. The van der Waals surface area contributed by atoms with E-state index < -0.39 is 5.92 Å². The lowest BCUT2D eigenvalue weighted by Crippen LogP contribution is -2.23. The summed E-state index contributed by atoms with van der Waals surface area (Å²) in [4.78, 5) is 16.3. The Morgan fingerprint density at radius 1 is 1.30 bits per heavy atom. The number of ether oxygens (including phenoxy) is 1. The second-order valence-corrected chi connectivity index (χ2v) is 5.17. The molecule has 0 aliphatic rings. The van der Waals surface area contributed by atoms with E-state index in [0.29, 0.717) is 18.8 Å². The summed E-state index contributed by atoms with van der Waals surface area (Å²) in [6.07, 6.45) is 2.02. The minimum absolute atomic E-state index is 0.348.